The van der Waals surface area contributed by atoms with Crippen molar-refractivity contribution in [3.63, 3.8) is 0 Å². The summed E-state index contributed by atoms with van der Waals surface area (Å²) in [7, 11) is 0. The Balaban J connectivity index is 1.38. The van der Waals surface area contributed by atoms with Crippen LogP contribution in [0, 0.1) is 35.5 Å². The van der Waals surface area contributed by atoms with Crippen molar-refractivity contribution >= 4 is 0 Å². The van der Waals surface area contributed by atoms with E-state index in [4.69, 9.17) is 0 Å². The van der Waals surface area contributed by atoms with E-state index < -0.39 is 6.17 Å². The van der Waals surface area contributed by atoms with Crippen molar-refractivity contribution in [1.82, 2.24) is 0 Å². The number of hydrogen-bond donors (Lipinski definition) is 0. The summed E-state index contributed by atoms with van der Waals surface area (Å²) in [6.45, 7) is 4.62. The summed E-state index contributed by atoms with van der Waals surface area (Å²) in [4.78, 5) is 0. The molecule has 0 aliphatic heterocycles. The molecule has 3 aliphatic carbocycles. The van der Waals surface area contributed by atoms with Gasteiger partial charge in [0, 0.05) is 0 Å². The fraction of sp³-hybridized carbons (Fsp3) is 1.00. The third-order valence-electron chi connectivity index (χ3n) is 8.83. The van der Waals surface area contributed by atoms with Gasteiger partial charge >= 0.3 is 0 Å². The van der Waals surface area contributed by atoms with Crippen LogP contribution in [-0.4, -0.2) is 6.17 Å². The molecule has 158 valence electrons. The summed E-state index contributed by atoms with van der Waals surface area (Å²) in [6.07, 6.45) is 22.4. The van der Waals surface area contributed by atoms with Crippen LogP contribution >= 0.6 is 0 Å². The van der Waals surface area contributed by atoms with Crippen LogP contribution in [0.25, 0.3) is 0 Å². The highest BCUT2D eigenvalue weighted by molar-refractivity contribution is 4.90. The van der Waals surface area contributed by atoms with Crippen molar-refractivity contribution in [3.05, 3.63) is 0 Å². The molecule has 0 N–H and O–H groups in total. The molecule has 0 radical (unpaired) electrons. The molecule has 0 spiro atoms. The Hall–Kier alpha value is -0.0700. The van der Waals surface area contributed by atoms with E-state index in [9.17, 15) is 0 Å². The molecule has 0 aromatic heterocycles. The predicted octanol–water partition coefficient (Wildman–Crippen LogP) is 8.73. The minimum absolute atomic E-state index is 0.411. The second-order valence-electron chi connectivity index (χ2n) is 10.6. The first-order valence-corrected chi connectivity index (χ1v) is 12.8. The monoisotopic (exact) mass is 378 g/mol. The van der Waals surface area contributed by atoms with Crippen molar-refractivity contribution in [2.75, 3.05) is 0 Å². The number of halogens is 1. The Morgan fingerprint density at radius 3 is 1.78 bits per heavy atom. The largest absolute Gasteiger partial charge is 0.247 e. The van der Waals surface area contributed by atoms with Gasteiger partial charge in [0.15, 0.2) is 0 Å². The lowest BCUT2D eigenvalue weighted by Gasteiger charge is -2.43. The summed E-state index contributed by atoms with van der Waals surface area (Å²) in [6, 6.07) is 0. The minimum atomic E-state index is -0.487. The predicted molar refractivity (Wildman–Crippen MR) is 116 cm³/mol. The zero-order valence-corrected chi connectivity index (χ0v) is 18.4. The molecule has 3 atom stereocenters. The Labute approximate surface area is 169 Å². The molecule has 3 rings (SSSR count). The van der Waals surface area contributed by atoms with E-state index in [1.54, 1.807) is 0 Å². The van der Waals surface area contributed by atoms with Gasteiger partial charge in [-0.2, -0.15) is 0 Å². The number of unbranched alkanes of at least 4 members (excludes halogenated alkanes) is 2. The first-order chi connectivity index (χ1) is 13.2. The first-order valence-electron chi connectivity index (χ1n) is 12.8. The molecule has 0 aromatic carbocycles. The zero-order valence-electron chi connectivity index (χ0n) is 18.4. The number of rotatable bonds is 8. The molecule has 0 aromatic rings. The highest BCUT2D eigenvalue weighted by atomic mass is 19.1. The Morgan fingerprint density at radius 1 is 0.593 bits per heavy atom. The highest BCUT2D eigenvalue weighted by Gasteiger charge is 2.39. The lowest BCUT2D eigenvalue weighted by atomic mass is 9.64. The molecule has 0 saturated heterocycles. The van der Waals surface area contributed by atoms with Gasteiger partial charge in [-0.05, 0) is 80.5 Å². The topological polar surface area (TPSA) is 0 Å². The molecule has 3 aliphatic rings. The molecule has 1 heteroatoms. The standard InChI is InChI=1S/C26H47F/c1-3-5-6-8-21-11-15-23(16-12-21)25-18-17-24(19-26(25)27)22-13-9-20(7-4-2)10-14-22/h20-26H,3-19H2,1-2H3. The van der Waals surface area contributed by atoms with Gasteiger partial charge in [0.05, 0.1) is 0 Å². The second kappa shape index (κ2) is 11.2. The maximum Gasteiger partial charge on any atom is 0.103 e. The van der Waals surface area contributed by atoms with Gasteiger partial charge in [-0.1, -0.05) is 78.1 Å². The summed E-state index contributed by atoms with van der Waals surface area (Å²) in [5.74, 6) is 4.63. The van der Waals surface area contributed by atoms with Crippen LogP contribution in [0.3, 0.4) is 0 Å². The highest BCUT2D eigenvalue weighted by Crippen LogP contribution is 2.47. The van der Waals surface area contributed by atoms with Crippen LogP contribution in [0.1, 0.15) is 123 Å². The number of alkyl halides is 1. The van der Waals surface area contributed by atoms with E-state index in [-0.39, 0.29) is 0 Å². The van der Waals surface area contributed by atoms with E-state index in [2.05, 4.69) is 13.8 Å². The van der Waals surface area contributed by atoms with Gasteiger partial charge in [0.1, 0.15) is 6.17 Å². The van der Waals surface area contributed by atoms with Crippen LogP contribution in [0.4, 0.5) is 4.39 Å². The van der Waals surface area contributed by atoms with E-state index in [0.717, 1.165) is 24.2 Å². The van der Waals surface area contributed by atoms with E-state index in [0.29, 0.717) is 17.8 Å². The SMILES string of the molecule is CCCCCC1CCC(C2CCC(C3CCC(CCC)CC3)CC2F)CC1. The Morgan fingerprint density at radius 2 is 1.19 bits per heavy atom. The van der Waals surface area contributed by atoms with Crippen LogP contribution in [0.2, 0.25) is 0 Å². The van der Waals surface area contributed by atoms with Crippen LogP contribution in [0.15, 0.2) is 0 Å². The molecule has 0 nitrogen and oxygen atoms in total. The normalized spacial score (nSPS) is 40.8. The van der Waals surface area contributed by atoms with Crippen LogP contribution in [0.5, 0.6) is 0 Å². The molecule has 3 unspecified atom stereocenters. The Bertz CT molecular complexity index is 389. The van der Waals surface area contributed by atoms with Crippen LogP contribution < -0.4 is 0 Å². The quantitative estimate of drug-likeness (QED) is 0.370. The molecule has 0 bridgehead atoms. The molecule has 0 amide bonds. The van der Waals surface area contributed by atoms with Gasteiger partial charge in [0.25, 0.3) is 0 Å². The van der Waals surface area contributed by atoms with Gasteiger partial charge in [-0.3, -0.25) is 0 Å². The fourth-order valence-electron chi connectivity index (χ4n) is 7.07. The maximum atomic E-state index is 15.2. The summed E-state index contributed by atoms with van der Waals surface area (Å²) in [5.41, 5.74) is 0. The molecule has 3 fully saturated rings. The van der Waals surface area contributed by atoms with Gasteiger partial charge in [-0.25, -0.2) is 4.39 Å². The smallest absolute Gasteiger partial charge is 0.103 e. The van der Waals surface area contributed by atoms with Crippen LogP contribution in [-0.2, 0) is 0 Å². The lowest BCUT2D eigenvalue weighted by Crippen LogP contribution is -2.36. The molecular weight excluding hydrogens is 331 g/mol. The van der Waals surface area contributed by atoms with Crippen molar-refractivity contribution in [2.45, 2.75) is 129 Å². The molecule has 3 saturated carbocycles. The van der Waals surface area contributed by atoms with Crippen molar-refractivity contribution in [3.8, 4) is 0 Å². The Kier molecular flexibility index (Phi) is 8.98. The third-order valence-corrected chi connectivity index (χ3v) is 8.83. The van der Waals surface area contributed by atoms with E-state index in [1.165, 1.54) is 103 Å². The van der Waals surface area contributed by atoms with E-state index >= 15 is 4.39 Å². The fourth-order valence-corrected chi connectivity index (χ4v) is 7.07. The van der Waals surface area contributed by atoms with Crippen molar-refractivity contribution in [1.29, 1.82) is 0 Å². The zero-order chi connectivity index (χ0) is 19.1. The van der Waals surface area contributed by atoms with Gasteiger partial charge in [-0.15, -0.1) is 0 Å². The second-order valence-corrected chi connectivity index (χ2v) is 10.6. The van der Waals surface area contributed by atoms with Gasteiger partial charge in [0.2, 0.25) is 0 Å². The summed E-state index contributed by atoms with van der Waals surface area (Å²) >= 11 is 0. The number of hydrogen-bond acceptors (Lipinski definition) is 0. The van der Waals surface area contributed by atoms with Gasteiger partial charge < -0.3 is 0 Å². The maximum absolute atomic E-state index is 15.2. The van der Waals surface area contributed by atoms with E-state index in [1.807, 2.05) is 0 Å². The third kappa shape index (κ3) is 6.20. The minimum Gasteiger partial charge on any atom is -0.247 e. The first kappa shape index (κ1) is 21.6. The molecule has 27 heavy (non-hydrogen) atoms. The average molecular weight is 379 g/mol. The summed E-state index contributed by atoms with van der Waals surface area (Å²) in [5, 5.41) is 0. The van der Waals surface area contributed by atoms with Crippen molar-refractivity contribution in [2.24, 2.45) is 35.5 Å². The van der Waals surface area contributed by atoms with Crippen molar-refractivity contribution < 1.29 is 4.39 Å². The molecule has 0 heterocycles. The lowest BCUT2D eigenvalue weighted by molar-refractivity contribution is 0.0325. The molecular formula is C26H47F. The average Bonchev–Trinajstić information content (AvgIpc) is 2.70. The summed E-state index contributed by atoms with van der Waals surface area (Å²) < 4.78 is 15.2.